The third-order valence-corrected chi connectivity index (χ3v) is 7.31. The van der Waals surface area contributed by atoms with Gasteiger partial charge in [0.05, 0.1) is 4.91 Å². The summed E-state index contributed by atoms with van der Waals surface area (Å²) >= 11 is 0. The van der Waals surface area contributed by atoms with E-state index in [1.807, 2.05) is 30.3 Å². The zero-order valence-electron chi connectivity index (χ0n) is 20.9. The standard InChI is InChI=1S/C27H46N2O3S/c1-3-4-5-6-7-8-9-10-11-12-13-14-15-16-20-23-28-27(30)29-33(31,32)25(2)24-26-21-18-17-19-22-26/h17-19,21-22,24H,3-16,20,23H2,1-2H3,(H2,28,29,30). The largest absolute Gasteiger partial charge is 0.337 e. The molecular formula is C27H46N2O3S. The number of unbranched alkanes of at least 4 members (excludes halogenated alkanes) is 14. The van der Waals surface area contributed by atoms with Crippen LogP contribution in [0.3, 0.4) is 0 Å². The monoisotopic (exact) mass is 478 g/mol. The van der Waals surface area contributed by atoms with Gasteiger partial charge < -0.3 is 5.32 Å². The molecule has 2 N–H and O–H groups in total. The summed E-state index contributed by atoms with van der Waals surface area (Å²) in [6.07, 6.45) is 20.9. The lowest BCUT2D eigenvalue weighted by Gasteiger charge is -2.09. The van der Waals surface area contributed by atoms with Crippen molar-refractivity contribution in [3.05, 3.63) is 40.8 Å². The Kier molecular flexibility index (Phi) is 16.5. The molecule has 1 aromatic carbocycles. The molecule has 2 amide bonds. The maximum Gasteiger partial charge on any atom is 0.328 e. The van der Waals surface area contributed by atoms with E-state index in [-0.39, 0.29) is 4.91 Å². The molecule has 0 fully saturated rings. The van der Waals surface area contributed by atoms with E-state index in [2.05, 4.69) is 17.0 Å². The predicted molar refractivity (Wildman–Crippen MR) is 140 cm³/mol. The Morgan fingerprint density at radius 3 is 1.70 bits per heavy atom. The van der Waals surface area contributed by atoms with Crippen LogP contribution in [0, 0.1) is 0 Å². The lowest BCUT2D eigenvalue weighted by atomic mass is 10.0. The average Bonchev–Trinajstić information content (AvgIpc) is 2.79. The van der Waals surface area contributed by atoms with Crippen LogP contribution in [-0.4, -0.2) is 21.0 Å². The van der Waals surface area contributed by atoms with Gasteiger partial charge in [-0.05, 0) is 25.0 Å². The fourth-order valence-corrected chi connectivity index (χ4v) is 4.57. The van der Waals surface area contributed by atoms with E-state index in [0.717, 1.165) is 24.8 Å². The Bertz CT molecular complexity index is 761. The number of hydrogen-bond donors (Lipinski definition) is 2. The van der Waals surface area contributed by atoms with Crippen LogP contribution < -0.4 is 10.0 Å². The number of sulfonamides is 1. The molecule has 0 bridgehead atoms. The van der Waals surface area contributed by atoms with E-state index >= 15 is 0 Å². The summed E-state index contributed by atoms with van der Waals surface area (Å²) < 4.78 is 26.6. The molecule has 0 aliphatic carbocycles. The minimum absolute atomic E-state index is 0.107. The summed E-state index contributed by atoms with van der Waals surface area (Å²) in [4.78, 5) is 12.0. The highest BCUT2D eigenvalue weighted by Crippen LogP contribution is 2.13. The van der Waals surface area contributed by atoms with E-state index in [4.69, 9.17) is 0 Å². The van der Waals surface area contributed by atoms with Gasteiger partial charge in [-0.1, -0.05) is 127 Å². The Labute approximate surface area is 202 Å². The molecule has 0 aromatic heterocycles. The zero-order valence-corrected chi connectivity index (χ0v) is 21.7. The van der Waals surface area contributed by atoms with E-state index in [0.29, 0.717) is 6.54 Å². The number of rotatable bonds is 19. The highest BCUT2D eigenvalue weighted by Gasteiger charge is 2.16. The first-order chi connectivity index (χ1) is 16.0. The summed E-state index contributed by atoms with van der Waals surface area (Å²) in [6.45, 7) is 4.23. The molecule has 0 heterocycles. The third-order valence-electron chi connectivity index (χ3n) is 5.89. The van der Waals surface area contributed by atoms with Gasteiger partial charge in [-0.25, -0.2) is 17.9 Å². The molecule has 0 saturated carbocycles. The predicted octanol–water partition coefficient (Wildman–Crippen LogP) is 7.55. The van der Waals surface area contributed by atoms with Crippen molar-refractivity contribution < 1.29 is 13.2 Å². The first-order valence-electron chi connectivity index (χ1n) is 13.0. The van der Waals surface area contributed by atoms with Crippen LogP contribution in [-0.2, 0) is 10.0 Å². The molecule has 188 valence electrons. The molecule has 0 radical (unpaired) electrons. The summed E-state index contributed by atoms with van der Waals surface area (Å²) in [6, 6.07) is 8.50. The number of hydrogen-bond acceptors (Lipinski definition) is 3. The number of carbonyl (C=O) groups is 1. The summed E-state index contributed by atoms with van der Waals surface area (Å²) in [5.41, 5.74) is 0.776. The van der Waals surface area contributed by atoms with Gasteiger partial charge in [-0.15, -0.1) is 0 Å². The minimum atomic E-state index is -3.83. The highest BCUT2D eigenvalue weighted by molar-refractivity contribution is 7.94. The molecule has 0 spiro atoms. The summed E-state index contributed by atoms with van der Waals surface area (Å²) in [5.74, 6) is 0. The Morgan fingerprint density at radius 2 is 1.21 bits per heavy atom. The molecule has 0 aliphatic rings. The van der Waals surface area contributed by atoms with Crippen LogP contribution in [0.25, 0.3) is 6.08 Å². The maximum absolute atomic E-state index is 12.3. The van der Waals surface area contributed by atoms with E-state index in [1.165, 1.54) is 84.0 Å². The van der Waals surface area contributed by atoms with Crippen molar-refractivity contribution in [3.8, 4) is 0 Å². The normalized spacial score (nSPS) is 12.0. The molecule has 33 heavy (non-hydrogen) atoms. The Morgan fingerprint density at radius 1 is 0.758 bits per heavy atom. The van der Waals surface area contributed by atoms with Gasteiger partial charge in [-0.2, -0.15) is 0 Å². The van der Waals surface area contributed by atoms with Crippen molar-refractivity contribution in [2.45, 2.75) is 110 Å². The van der Waals surface area contributed by atoms with Crippen LogP contribution in [0.15, 0.2) is 35.2 Å². The van der Waals surface area contributed by atoms with Gasteiger partial charge in [0, 0.05) is 6.54 Å². The van der Waals surface area contributed by atoms with Crippen molar-refractivity contribution >= 4 is 22.1 Å². The fourth-order valence-electron chi connectivity index (χ4n) is 3.80. The van der Waals surface area contributed by atoms with E-state index < -0.39 is 16.1 Å². The number of urea groups is 1. The second-order valence-electron chi connectivity index (χ2n) is 8.98. The van der Waals surface area contributed by atoms with Gasteiger partial charge in [0.25, 0.3) is 10.0 Å². The molecule has 6 heteroatoms. The highest BCUT2D eigenvalue weighted by atomic mass is 32.2. The second-order valence-corrected chi connectivity index (χ2v) is 10.8. The summed E-state index contributed by atoms with van der Waals surface area (Å²) in [5, 5.41) is 2.65. The zero-order chi connectivity index (χ0) is 24.2. The fraction of sp³-hybridized carbons (Fsp3) is 0.667. The number of carbonyl (C=O) groups excluding carboxylic acids is 1. The quantitative estimate of drug-likeness (QED) is 0.202. The van der Waals surface area contributed by atoms with E-state index in [1.54, 1.807) is 6.08 Å². The molecule has 1 aromatic rings. The van der Waals surface area contributed by atoms with Crippen molar-refractivity contribution in [1.82, 2.24) is 10.0 Å². The summed E-state index contributed by atoms with van der Waals surface area (Å²) in [7, 11) is -3.83. The molecule has 5 nitrogen and oxygen atoms in total. The SMILES string of the molecule is CCCCCCCCCCCCCCCCCNC(=O)NS(=O)(=O)C(C)=Cc1ccccc1. The lowest BCUT2D eigenvalue weighted by molar-refractivity contribution is 0.245. The number of allylic oxidation sites excluding steroid dienone is 1. The molecule has 0 atom stereocenters. The van der Waals surface area contributed by atoms with Crippen molar-refractivity contribution in [2.24, 2.45) is 0 Å². The van der Waals surface area contributed by atoms with Crippen molar-refractivity contribution in [1.29, 1.82) is 0 Å². The first kappa shape index (κ1) is 29.2. The average molecular weight is 479 g/mol. The van der Waals surface area contributed by atoms with Crippen LogP contribution in [0.5, 0.6) is 0 Å². The molecule has 1 rings (SSSR count). The lowest BCUT2D eigenvalue weighted by Crippen LogP contribution is -2.39. The smallest absolute Gasteiger partial charge is 0.328 e. The van der Waals surface area contributed by atoms with Crippen LogP contribution in [0.2, 0.25) is 0 Å². The van der Waals surface area contributed by atoms with E-state index in [9.17, 15) is 13.2 Å². The number of nitrogens with one attached hydrogen (secondary N) is 2. The Balaban J connectivity index is 1.99. The Hall–Kier alpha value is -1.82. The molecule has 0 unspecified atom stereocenters. The molecule has 0 aliphatic heterocycles. The minimum Gasteiger partial charge on any atom is -0.337 e. The molecule has 0 saturated heterocycles. The van der Waals surface area contributed by atoms with Crippen LogP contribution in [0.1, 0.15) is 116 Å². The van der Waals surface area contributed by atoms with Gasteiger partial charge in [0.1, 0.15) is 0 Å². The van der Waals surface area contributed by atoms with Gasteiger partial charge >= 0.3 is 6.03 Å². The number of benzene rings is 1. The van der Waals surface area contributed by atoms with Gasteiger partial charge in [-0.3, -0.25) is 0 Å². The van der Waals surface area contributed by atoms with Crippen molar-refractivity contribution in [3.63, 3.8) is 0 Å². The topological polar surface area (TPSA) is 75.3 Å². The van der Waals surface area contributed by atoms with Gasteiger partial charge in [0.15, 0.2) is 0 Å². The molecular weight excluding hydrogens is 432 g/mol. The van der Waals surface area contributed by atoms with Crippen LogP contribution >= 0.6 is 0 Å². The maximum atomic E-state index is 12.3. The number of amides is 2. The van der Waals surface area contributed by atoms with Crippen LogP contribution in [0.4, 0.5) is 4.79 Å². The second kappa shape index (κ2) is 18.6. The third kappa shape index (κ3) is 15.6. The van der Waals surface area contributed by atoms with Gasteiger partial charge in [0.2, 0.25) is 0 Å². The first-order valence-corrected chi connectivity index (χ1v) is 14.5. The van der Waals surface area contributed by atoms with Crippen molar-refractivity contribution in [2.75, 3.05) is 6.54 Å².